The lowest BCUT2D eigenvalue weighted by atomic mass is 10.2. The Balaban J connectivity index is 1.58. The van der Waals surface area contributed by atoms with Gasteiger partial charge in [-0.25, -0.2) is 9.97 Å². The number of thiophene rings is 1. The summed E-state index contributed by atoms with van der Waals surface area (Å²) >= 11 is 1.73. The van der Waals surface area contributed by atoms with E-state index in [1.54, 1.807) is 18.4 Å². The molecule has 0 spiro atoms. The van der Waals surface area contributed by atoms with Gasteiger partial charge >= 0.3 is 0 Å². The average molecular weight is 429 g/mol. The van der Waals surface area contributed by atoms with Gasteiger partial charge in [0, 0.05) is 30.8 Å². The molecule has 30 heavy (non-hydrogen) atoms. The maximum absolute atomic E-state index is 5.66. The molecule has 1 fully saturated rings. The number of aromatic nitrogens is 2. The van der Waals surface area contributed by atoms with Crippen LogP contribution in [-0.2, 0) is 16.0 Å². The van der Waals surface area contributed by atoms with Crippen molar-refractivity contribution in [3.63, 3.8) is 0 Å². The molecular weight excluding hydrogens is 400 g/mol. The van der Waals surface area contributed by atoms with Gasteiger partial charge in [-0.3, -0.25) is 4.90 Å². The Hall–Kier alpha value is -2.26. The van der Waals surface area contributed by atoms with E-state index in [9.17, 15) is 0 Å². The van der Waals surface area contributed by atoms with Gasteiger partial charge in [0.1, 0.15) is 28.8 Å². The smallest absolute Gasteiger partial charge is 0.146 e. The van der Waals surface area contributed by atoms with Crippen molar-refractivity contribution in [3.05, 3.63) is 40.5 Å². The van der Waals surface area contributed by atoms with E-state index in [1.807, 2.05) is 24.3 Å². The highest BCUT2D eigenvalue weighted by atomic mass is 32.1. The first kappa shape index (κ1) is 21.0. The van der Waals surface area contributed by atoms with E-state index in [1.165, 1.54) is 10.4 Å². The molecule has 0 aliphatic carbocycles. The van der Waals surface area contributed by atoms with Gasteiger partial charge in [0.05, 0.1) is 31.8 Å². The minimum absolute atomic E-state index is 0.536. The van der Waals surface area contributed by atoms with Crippen molar-refractivity contribution in [3.8, 4) is 5.75 Å². The van der Waals surface area contributed by atoms with E-state index in [0.29, 0.717) is 13.2 Å². The number of nitrogens with zero attached hydrogens (tertiary/aromatic N) is 3. The number of benzene rings is 1. The summed E-state index contributed by atoms with van der Waals surface area (Å²) in [4.78, 5) is 14.4. The Morgan fingerprint density at radius 2 is 1.87 bits per heavy atom. The number of nitrogens with one attached hydrogen (secondary N) is 1. The quantitative estimate of drug-likeness (QED) is 0.546. The van der Waals surface area contributed by atoms with Crippen LogP contribution in [0.25, 0.3) is 10.2 Å². The Labute approximate surface area is 181 Å². The number of aryl methyl sites for hydroxylation is 2. The van der Waals surface area contributed by atoms with E-state index >= 15 is 0 Å². The number of fused-ring (bicyclic) bond motifs is 1. The van der Waals surface area contributed by atoms with Gasteiger partial charge in [0.25, 0.3) is 0 Å². The Bertz CT molecular complexity index is 984. The van der Waals surface area contributed by atoms with Crippen molar-refractivity contribution in [2.75, 3.05) is 51.9 Å². The zero-order chi connectivity index (χ0) is 20.9. The molecule has 1 aliphatic heterocycles. The third-order valence-corrected chi connectivity index (χ3v) is 6.32. The lowest BCUT2D eigenvalue weighted by Crippen LogP contribution is -2.36. The van der Waals surface area contributed by atoms with Crippen molar-refractivity contribution in [1.82, 2.24) is 14.9 Å². The predicted octanol–water partition coefficient (Wildman–Crippen LogP) is 3.91. The largest absolute Gasteiger partial charge is 0.491 e. The first-order chi connectivity index (χ1) is 14.6. The van der Waals surface area contributed by atoms with Crippen molar-refractivity contribution in [1.29, 1.82) is 0 Å². The highest BCUT2D eigenvalue weighted by Crippen LogP contribution is 2.35. The van der Waals surface area contributed by atoms with Gasteiger partial charge in [-0.1, -0.05) is 0 Å². The molecule has 0 saturated carbocycles. The molecule has 0 unspecified atom stereocenters. The van der Waals surface area contributed by atoms with Gasteiger partial charge in [0.15, 0.2) is 0 Å². The van der Waals surface area contributed by atoms with Crippen molar-refractivity contribution < 1.29 is 14.2 Å². The summed E-state index contributed by atoms with van der Waals surface area (Å²) in [6.45, 7) is 9.48. The van der Waals surface area contributed by atoms with Crippen LogP contribution in [0.1, 0.15) is 16.3 Å². The molecule has 0 bridgehead atoms. The topological polar surface area (TPSA) is 68.7 Å². The Kier molecular flexibility index (Phi) is 6.79. The highest BCUT2D eigenvalue weighted by molar-refractivity contribution is 7.18. The molecule has 160 valence electrons. The van der Waals surface area contributed by atoms with Crippen LogP contribution < -0.4 is 10.1 Å². The molecule has 1 aromatic carbocycles. The molecule has 0 radical (unpaired) electrons. The Morgan fingerprint density at radius 3 is 2.60 bits per heavy atom. The molecular formula is C22H28N4O3S. The normalized spacial score (nSPS) is 14.9. The molecule has 1 N–H and O–H groups in total. The molecule has 0 amide bonds. The fraction of sp³-hybridized carbons (Fsp3) is 0.455. The maximum atomic E-state index is 5.66. The molecule has 0 atom stereocenters. The van der Waals surface area contributed by atoms with E-state index in [4.69, 9.17) is 24.2 Å². The summed E-state index contributed by atoms with van der Waals surface area (Å²) < 4.78 is 16.1. The van der Waals surface area contributed by atoms with Crippen LogP contribution in [0, 0.1) is 13.8 Å². The molecule has 4 rings (SSSR count). The number of methoxy groups -OCH3 is 1. The van der Waals surface area contributed by atoms with E-state index in [2.05, 4.69) is 24.1 Å². The summed E-state index contributed by atoms with van der Waals surface area (Å²) in [6.07, 6.45) is 0. The van der Waals surface area contributed by atoms with Crippen LogP contribution in [0.15, 0.2) is 24.3 Å². The van der Waals surface area contributed by atoms with E-state index < -0.39 is 0 Å². The summed E-state index contributed by atoms with van der Waals surface area (Å²) in [7, 11) is 1.67. The minimum Gasteiger partial charge on any atom is -0.491 e. The zero-order valence-corrected chi connectivity index (χ0v) is 18.6. The third kappa shape index (κ3) is 4.89. The first-order valence-corrected chi connectivity index (χ1v) is 11.0. The summed E-state index contributed by atoms with van der Waals surface area (Å²) in [5, 5.41) is 4.61. The lowest BCUT2D eigenvalue weighted by Gasteiger charge is -2.25. The molecule has 1 aliphatic rings. The zero-order valence-electron chi connectivity index (χ0n) is 17.7. The molecule has 1 saturated heterocycles. The number of hydrogen-bond donors (Lipinski definition) is 1. The second-order valence-electron chi connectivity index (χ2n) is 7.33. The van der Waals surface area contributed by atoms with E-state index in [0.717, 1.165) is 66.1 Å². The fourth-order valence-electron chi connectivity index (χ4n) is 3.43. The number of rotatable bonds is 8. The number of anilines is 2. The van der Waals surface area contributed by atoms with Gasteiger partial charge < -0.3 is 19.5 Å². The van der Waals surface area contributed by atoms with Gasteiger partial charge in [-0.05, 0) is 43.7 Å². The van der Waals surface area contributed by atoms with Gasteiger partial charge in [-0.2, -0.15) is 0 Å². The van der Waals surface area contributed by atoms with Crippen molar-refractivity contribution in [2.24, 2.45) is 0 Å². The first-order valence-electron chi connectivity index (χ1n) is 10.2. The van der Waals surface area contributed by atoms with Gasteiger partial charge in [0.2, 0.25) is 0 Å². The van der Waals surface area contributed by atoms with E-state index in [-0.39, 0.29) is 0 Å². The SMILES string of the molecule is COCCOc1ccc(Nc2nc(CN3CCOCC3)nc3sc(C)c(C)c23)cc1. The average Bonchev–Trinajstić information content (AvgIpc) is 3.04. The predicted molar refractivity (Wildman–Crippen MR) is 120 cm³/mol. The second-order valence-corrected chi connectivity index (χ2v) is 8.53. The molecule has 8 heteroatoms. The summed E-state index contributed by atoms with van der Waals surface area (Å²) in [5.74, 6) is 2.52. The fourth-order valence-corrected chi connectivity index (χ4v) is 4.48. The van der Waals surface area contributed by atoms with Crippen LogP contribution in [0.2, 0.25) is 0 Å². The standard InChI is InChI=1S/C22H28N4O3S/c1-15-16(2)30-22-20(15)21(24-19(25-22)14-26-8-10-28-11-9-26)23-17-4-6-18(7-5-17)29-13-12-27-3/h4-7H,8-14H2,1-3H3,(H,23,24,25). The second kappa shape index (κ2) is 9.70. The number of hydrogen-bond acceptors (Lipinski definition) is 8. The molecule has 3 aromatic rings. The lowest BCUT2D eigenvalue weighted by molar-refractivity contribution is 0.0331. The summed E-state index contributed by atoms with van der Waals surface area (Å²) in [6, 6.07) is 7.92. The van der Waals surface area contributed by atoms with Crippen LogP contribution in [0.3, 0.4) is 0 Å². The molecule has 2 aromatic heterocycles. The molecule has 7 nitrogen and oxygen atoms in total. The van der Waals surface area contributed by atoms with Crippen LogP contribution in [0.4, 0.5) is 11.5 Å². The number of ether oxygens (including phenoxy) is 3. The minimum atomic E-state index is 0.536. The Morgan fingerprint density at radius 1 is 1.10 bits per heavy atom. The van der Waals surface area contributed by atoms with Gasteiger partial charge in [-0.15, -0.1) is 11.3 Å². The van der Waals surface area contributed by atoms with Crippen LogP contribution in [-0.4, -0.2) is 61.5 Å². The third-order valence-electron chi connectivity index (χ3n) is 5.22. The van der Waals surface area contributed by atoms with Crippen LogP contribution in [0.5, 0.6) is 5.75 Å². The summed E-state index contributed by atoms with van der Waals surface area (Å²) in [5.41, 5.74) is 2.20. The maximum Gasteiger partial charge on any atom is 0.146 e. The van der Waals surface area contributed by atoms with Crippen molar-refractivity contribution in [2.45, 2.75) is 20.4 Å². The molecule has 3 heterocycles. The monoisotopic (exact) mass is 428 g/mol. The van der Waals surface area contributed by atoms with Crippen LogP contribution >= 0.6 is 11.3 Å². The highest BCUT2D eigenvalue weighted by Gasteiger charge is 2.18. The number of morpholine rings is 1. The van der Waals surface area contributed by atoms with Crippen molar-refractivity contribution >= 4 is 33.1 Å².